The Bertz CT molecular complexity index is 903. The zero-order chi connectivity index (χ0) is 27.3. The van der Waals surface area contributed by atoms with Crippen molar-refractivity contribution in [2.45, 2.75) is 112 Å². The molecule has 0 aliphatic carbocycles. The summed E-state index contributed by atoms with van der Waals surface area (Å²) >= 11 is 0. The molecule has 3 N–H and O–H groups in total. The Hall–Kier alpha value is -2.77. The Morgan fingerprint density at radius 3 is 2.06 bits per heavy atom. The van der Waals surface area contributed by atoms with Crippen LogP contribution in [-0.2, 0) is 14.3 Å². The van der Waals surface area contributed by atoms with Gasteiger partial charge in [0.15, 0.2) is 0 Å². The first-order valence-electron chi connectivity index (χ1n) is 12.3. The van der Waals surface area contributed by atoms with Gasteiger partial charge in [0, 0.05) is 17.1 Å². The number of carbonyl (C=O) groups excluding carboxylic acids is 3. The highest BCUT2D eigenvalue weighted by atomic mass is 16.6. The second kappa shape index (κ2) is 11.8. The molecule has 0 saturated carbocycles. The number of nitrogens with zero attached hydrogens (tertiary/aromatic N) is 1. The number of nitrogens with one attached hydrogen (secondary N) is 2. The molecule has 0 radical (unpaired) electrons. The summed E-state index contributed by atoms with van der Waals surface area (Å²) in [6.07, 6.45) is -0.172. The van der Waals surface area contributed by atoms with Crippen molar-refractivity contribution in [2.24, 2.45) is 5.92 Å². The van der Waals surface area contributed by atoms with E-state index >= 15 is 0 Å². The van der Waals surface area contributed by atoms with Crippen LogP contribution in [0, 0.1) is 12.8 Å². The molecular weight excluding hydrogens is 446 g/mol. The maximum atomic E-state index is 14.2. The van der Waals surface area contributed by atoms with Crippen molar-refractivity contribution >= 4 is 17.9 Å². The Kier molecular flexibility index (Phi) is 10.2. The molecular formula is C27H45N3O5. The summed E-state index contributed by atoms with van der Waals surface area (Å²) in [6.45, 7) is 20.0. The lowest BCUT2D eigenvalue weighted by Gasteiger charge is -2.45. The Labute approximate surface area is 210 Å². The fraction of sp³-hybridized carbons (Fsp3) is 0.667. The van der Waals surface area contributed by atoms with Crippen LogP contribution in [0.15, 0.2) is 18.2 Å². The number of phenols is 1. The minimum absolute atomic E-state index is 0.0395. The molecule has 0 fully saturated rings. The van der Waals surface area contributed by atoms with Crippen LogP contribution in [0.1, 0.15) is 92.8 Å². The van der Waals surface area contributed by atoms with Gasteiger partial charge >= 0.3 is 6.09 Å². The lowest BCUT2D eigenvalue weighted by atomic mass is 9.89. The van der Waals surface area contributed by atoms with Gasteiger partial charge in [-0.3, -0.25) is 9.59 Å². The monoisotopic (exact) mass is 491 g/mol. The predicted octanol–water partition coefficient (Wildman–Crippen LogP) is 4.83. The maximum Gasteiger partial charge on any atom is 0.408 e. The number of carbonyl (C=O) groups is 3. The van der Waals surface area contributed by atoms with Gasteiger partial charge in [-0.1, -0.05) is 39.0 Å². The lowest BCUT2D eigenvalue weighted by molar-refractivity contribution is -0.150. The largest absolute Gasteiger partial charge is 0.507 e. The van der Waals surface area contributed by atoms with E-state index in [-0.39, 0.29) is 17.7 Å². The van der Waals surface area contributed by atoms with Crippen molar-refractivity contribution in [3.05, 3.63) is 29.3 Å². The molecule has 0 spiro atoms. The smallest absolute Gasteiger partial charge is 0.408 e. The normalized spacial score (nSPS) is 13.9. The van der Waals surface area contributed by atoms with E-state index in [1.165, 1.54) is 4.90 Å². The van der Waals surface area contributed by atoms with Gasteiger partial charge in [-0.25, -0.2) is 4.79 Å². The molecule has 0 bridgehead atoms. The van der Waals surface area contributed by atoms with Gasteiger partial charge < -0.3 is 25.4 Å². The SMILES string of the molecule is CCC(C)(C)N(C(=O)C(NC(=O)OC(C)(C)C)C(C)C)C(C(=O)NC(C)C)c1cccc(C)c1O. The number of amides is 3. The third-order valence-electron chi connectivity index (χ3n) is 5.86. The first-order valence-corrected chi connectivity index (χ1v) is 12.3. The Morgan fingerprint density at radius 1 is 1.03 bits per heavy atom. The second-order valence-electron chi connectivity index (χ2n) is 11.3. The third-order valence-corrected chi connectivity index (χ3v) is 5.86. The summed E-state index contributed by atoms with van der Waals surface area (Å²) in [5.41, 5.74) is -0.587. The number of aromatic hydroxyl groups is 1. The quantitative estimate of drug-likeness (QED) is 0.458. The summed E-state index contributed by atoms with van der Waals surface area (Å²) in [6, 6.07) is 2.91. The van der Waals surface area contributed by atoms with E-state index < -0.39 is 41.1 Å². The van der Waals surface area contributed by atoms with E-state index in [0.29, 0.717) is 17.5 Å². The molecule has 0 heterocycles. The number of aryl methyl sites for hydroxylation is 1. The Balaban J connectivity index is 3.71. The van der Waals surface area contributed by atoms with Gasteiger partial charge in [0.2, 0.25) is 11.8 Å². The first-order chi connectivity index (χ1) is 15.9. The summed E-state index contributed by atoms with van der Waals surface area (Å²) in [5.74, 6) is -1.16. The highest BCUT2D eigenvalue weighted by molar-refractivity contribution is 5.93. The van der Waals surface area contributed by atoms with Crippen molar-refractivity contribution < 1.29 is 24.2 Å². The fourth-order valence-electron chi connectivity index (χ4n) is 3.71. The third kappa shape index (κ3) is 8.15. The van der Waals surface area contributed by atoms with E-state index in [0.717, 1.165) is 0 Å². The van der Waals surface area contributed by atoms with Crippen LogP contribution >= 0.6 is 0 Å². The van der Waals surface area contributed by atoms with E-state index in [1.807, 2.05) is 48.5 Å². The first kappa shape index (κ1) is 30.3. The summed E-state index contributed by atoms with van der Waals surface area (Å²) in [7, 11) is 0. The number of phenolic OH excluding ortho intramolecular Hbond substituents is 1. The van der Waals surface area contributed by atoms with E-state index in [4.69, 9.17) is 4.74 Å². The molecule has 0 aliphatic rings. The minimum Gasteiger partial charge on any atom is -0.507 e. The van der Waals surface area contributed by atoms with Gasteiger partial charge in [-0.15, -0.1) is 0 Å². The van der Waals surface area contributed by atoms with Gasteiger partial charge in [-0.05, 0) is 73.3 Å². The average Bonchev–Trinajstić information content (AvgIpc) is 2.69. The number of benzene rings is 1. The number of hydrogen-bond acceptors (Lipinski definition) is 5. The molecule has 1 rings (SSSR count). The van der Waals surface area contributed by atoms with Gasteiger partial charge in [0.05, 0.1) is 0 Å². The molecule has 0 aromatic heterocycles. The maximum absolute atomic E-state index is 14.2. The average molecular weight is 492 g/mol. The number of alkyl carbamates (subject to hydrolysis) is 1. The molecule has 8 nitrogen and oxygen atoms in total. The highest BCUT2D eigenvalue weighted by Gasteiger charge is 2.44. The van der Waals surface area contributed by atoms with Gasteiger partial charge in [0.1, 0.15) is 23.4 Å². The number of hydrogen-bond donors (Lipinski definition) is 3. The van der Waals surface area contributed by atoms with Crippen molar-refractivity contribution in [1.82, 2.24) is 15.5 Å². The van der Waals surface area contributed by atoms with Crippen LogP contribution in [0.3, 0.4) is 0 Å². The van der Waals surface area contributed by atoms with Crippen LogP contribution in [0.4, 0.5) is 4.79 Å². The summed E-state index contributed by atoms with van der Waals surface area (Å²) in [5, 5.41) is 16.6. The standard InChI is InChI=1S/C27H45N3O5/c1-12-27(10,11)30(24(33)20(16(2)3)29-25(34)35-26(7,8)9)21(23(32)28-17(4)5)19-15-13-14-18(6)22(19)31/h13-17,20-21,31H,12H2,1-11H3,(H,28,32)(H,29,34). The summed E-state index contributed by atoms with van der Waals surface area (Å²) in [4.78, 5) is 41.9. The Morgan fingerprint density at radius 2 is 1.60 bits per heavy atom. The lowest BCUT2D eigenvalue weighted by Crippen LogP contribution is -2.60. The highest BCUT2D eigenvalue weighted by Crippen LogP contribution is 2.37. The van der Waals surface area contributed by atoms with Crippen LogP contribution in [-0.4, -0.2) is 51.1 Å². The van der Waals surface area contributed by atoms with Crippen molar-refractivity contribution in [3.8, 4) is 5.75 Å². The second-order valence-corrected chi connectivity index (χ2v) is 11.3. The molecule has 1 aromatic rings. The fourth-order valence-corrected chi connectivity index (χ4v) is 3.71. The summed E-state index contributed by atoms with van der Waals surface area (Å²) < 4.78 is 5.40. The number of para-hydroxylation sites is 1. The molecule has 8 heteroatoms. The topological polar surface area (TPSA) is 108 Å². The van der Waals surface area contributed by atoms with Crippen molar-refractivity contribution in [2.75, 3.05) is 0 Å². The molecule has 0 aliphatic heterocycles. The molecule has 1 aromatic carbocycles. The van der Waals surface area contributed by atoms with Crippen LogP contribution in [0.2, 0.25) is 0 Å². The molecule has 2 unspecified atom stereocenters. The molecule has 35 heavy (non-hydrogen) atoms. The van der Waals surface area contributed by atoms with Crippen molar-refractivity contribution in [1.29, 1.82) is 0 Å². The molecule has 0 saturated heterocycles. The minimum atomic E-state index is -1.11. The van der Waals surface area contributed by atoms with E-state index in [1.54, 1.807) is 45.9 Å². The number of ether oxygens (including phenoxy) is 1. The van der Waals surface area contributed by atoms with E-state index in [9.17, 15) is 19.5 Å². The molecule has 2 atom stereocenters. The van der Waals surface area contributed by atoms with Gasteiger partial charge in [0.25, 0.3) is 0 Å². The zero-order valence-electron chi connectivity index (χ0n) is 23.3. The van der Waals surface area contributed by atoms with E-state index in [2.05, 4.69) is 10.6 Å². The van der Waals surface area contributed by atoms with Crippen molar-refractivity contribution in [3.63, 3.8) is 0 Å². The van der Waals surface area contributed by atoms with Gasteiger partial charge in [-0.2, -0.15) is 0 Å². The molecule has 3 amide bonds. The predicted molar refractivity (Wildman–Crippen MR) is 138 cm³/mol. The van der Waals surface area contributed by atoms with Crippen LogP contribution < -0.4 is 10.6 Å². The van der Waals surface area contributed by atoms with Crippen LogP contribution in [0.5, 0.6) is 5.75 Å². The van der Waals surface area contributed by atoms with Crippen LogP contribution in [0.25, 0.3) is 0 Å². The molecule has 198 valence electrons. The number of rotatable bonds is 9. The zero-order valence-corrected chi connectivity index (χ0v) is 23.3.